The molecule has 0 atom stereocenters. The van der Waals surface area contributed by atoms with E-state index in [1.165, 1.54) is 23.9 Å². The first-order chi connectivity index (χ1) is 18.3. The molecule has 2 aromatic carbocycles. The predicted octanol–water partition coefficient (Wildman–Crippen LogP) is 4.74. The summed E-state index contributed by atoms with van der Waals surface area (Å²) in [6.07, 6.45) is 3.82. The first-order valence-electron chi connectivity index (χ1n) is 11.9. The van der Waals surface area contributed by atoms with Crippen LogP contribution in [0.25, 0.3) is 0 Å². The fourth-order valence-corrected chi connectivity index (χ4v) is 4.23. The maximum atomic E-state index is 12.3. The standard InChI is InChI=1S/C28H30N4O5S/c1-5-7-23-13-21(15-29-32-25(33)17-38-28-30-18(3)12-19(4)31-28)14-24(36-6-2)26(23)37-16-20-8-10-22(11-9-20)27(34)35/h5,8-15H,1,6-7,16-17H2,2-4H3,(H,32,33)(H,34,35)/b29-15-. The number of benzene rings is 2. The van der Waals surface area contributed by atoms with Crippen LogP contribution in [0.3, 0.4) is 0 Å². The number of allylic oxidation sites excluding steroid dienone is 1. The number of rotatable bonds is 13. The highest BCUT2D eigenvalue weighted by Gasteiger charge is 2.14. The summed E-state index contributed by atoms with van der Waals surface area (Å²) in [4.78, 5) is 32.0. The molecule has 198 valence electrons. The second kappa shape index (κ2) is 13.9. The van der Waals surface area contributed by atoms with E-state index in [1.807, 2.05) is 32.9 Å². The van der Waals surface area contributed by atoms with Crippen molar-refractivity contribution in [1.82, 2.24) is 15.4 Å². The summed E-state index contributed by atoms with van der Waals surface area (Å²) in [6.45, 7) is 10.1. The number of carbonyl (C=O) groups is 2. The molecule has 3 aromatic rings. The summed E-state index contributed by atoms with van der Waals surface area (Å²) in [5.41, 5.74) is 6.81. The van der Waals surface area contributed by atoms with Crippen molar-refractivity contribution in [2.75, 3.05) is 12.4 Å². The van der Waals surface area contributed by atoms with Crippen LogP contribution in [-0.2, 0) is 17.8 Å². The zero-order chi connectivity index (χ0) is 27.5. The number of aromatic nitrogens is 2. The molecule has 38 heavy (non-hydrogen) atoms. The van der Waals surface area contributed by atoms with Gasteiger partial charge in [-0.1, -0.05) is 30.0 Å². The zero-order valence-corrected chi connectivity index (χ0v) is 22.4. The Morgan fingerprint density at radius 2 is 1.82 bits per heavy atom. The average Bonchev–Trinajstić information content (AvgIpc) is 2.87. The van der Waals surface area contributed by atoms with Gasteiger partial charge in [0.05, 0.1) is 24.1 Å². The van der Waals surface area contributed by atoms with Crippen LogP contribution >= 0.6 is 11.8 Å². The normalized spacial score (nSPS) is 10.8. The molecule has 0 radical (unpaired) electrons. The molecule has 2 N–H and O–H groups in total. The van der Waals surface area contributed by atoms with Gasteiger partial charge < -0.3 is 14.6 Å². The summed E-state index contributed by atoms with van der Waals surface area (Å²) in [5.74, 6) is -0.0256. The fourth-order valence-electron chi connectivity index (χ4n) is 3.49. The molecular formula is C28H30N4O5S. The maximum absolute atomic E-state index is 12.3. The van der Waals surface area contributed by atoms with Gasteiger partial charge in [-0.05, 0) is 68.7 Å². The Balaban J connectivity index is 1.69. The minimum atomic E-state index is -0.980. The Bertz CT molecular complexity index is 1310. The SMILES string of the molecule is C=CCc1cc(/C=N\NC(=O)CSc2nc(C)cc(C)n2)cc(OCC)c1OCc1ccc(C(=O)O)cc1. The van der Waals surface area contributed by atoms with Crippen molar-refractivity contribution >= 4 is 29.9 Å². The number of aryl methyl sites for hydroxylation is 2. The Morgan fingerprint density at radius 1 is 1.11 bits per heavy atom. The molecule has 1 amide bonds. The van der Waals surface area contributed by atoms with Gasteiger partial charge in [0.1, 0.15) is 6.61 Å². The summed E-state index contributed by atoms with van der Waals surface area (Å²) >= 11 is 1.24. The number of aromatic carboxylic acids is 1. The van der Waals surface area contributed by atoms with E-state index in [-0.39, 0.29) is 23.8 Å². The number of amides is 1. The number of hydrogen-bond acceptors (Lipinski definition) is 8. The van der Waals surface area contributed by atoms with Crippen molar-refractivity contribution in [3.8, 4) is 11.5 Å². The average molecular weight is 535 g/mol. The topological polar surface area (TPSA) is 123 Å². The second-order valence-corrected chi connectivity index (χ2v) is 9.18. The van der Waals surface area contributed by atoms with E-state index in [4.69, 9.17) is 14.6 Å². The largest absolute Gasteiger partial charge is 0.490 e. The molecule has 9 nitrogen and oxygen atoms in total. The zero-order valence-electron chi connectivity index (χ0n) is 21.6. The van der Waals surface area contributed by atoms with Gasteiger partial charge in [0.15, 0.2) is 16.7 Å². The summed E-state index contributed by atoms with van der Waals surface area (Å²) in [6, 6.07) is 12.1. The van der Waals surface area contributed by atoms with E-state index < -0.39 is 5.97 Å². The van der Waals surface area contributed by atoms with Gasteiger partial charge in [-0.2, -0.15) is 5.10 Å². The number of ether oxygens (including phenoxy) is 2. The van der Waals surface area contributed by atoms with Crippen LogP contribution in [0, 0.1) is 13.8 Å². The Morgan fingerprint density at radius 3 is 2.45 bits per heavy atom. The van der Waals surface area contributed by atoms with Crippen LogP contribution in [0.5, 0.6) is 11.5 Å². The monoisotopic (exact) mass is 534 g/mol. The third kappa shape index (κ3) is 8.45. The number of thioether (sulfide) groups is 1. The van der Waals surface area contributed by atoms with Crippen LogP contribution < -0.4 is 14.9 Å². The number of carboxylic acid groups (broad SMARTS) is 1. The van der Waals surface area contributed by atoms with E-state index in [1.54, 1.807) is 30.5 Å². The van der Waals surface area contributed by atoms with Gasteiger partial charge in [-0.25, -0.2) is 20.2 Å². The Kier molecular flexibility index (Phi) is 10.4. The molecule has 0 unspecified atom stereocenters. The van der Waals surface area contributed by atoms with Crippen molar-refractivity contribution in [1.29, 1.82) is 0 Å². The van der Waals surface area contributed by atoms with Crippen molar-refractivity contribution in [3.05, 3.63) is 88.8 Å². The summed E-state index contributed by atoms with van der Waals surface area (Å²) < 4.78 is 11.9. The van der Waals surface area contributed by atoms with Crippen LogP contribution in [0.1, 0.15) is 45.4 Å². The van der Waals surface area contributed by atoms with Crippen LogP contribution in [0.2, 0.25) is 0 Å². The van der Waals surface area contributed by atoms with Crippen molar-refractivity contribution in [3.63, 3.8) is 0 Å². The van der Waals surface area contributed by atoms with Gasteiger partial charge >= 0.3 is 5.97 Å². The molecule has 3 rings (SSSR count). The molecule has 0 bridgehead atoms. The minimum absolute atomic E-state index is 0.131. The Labute approximate surface area is 226 Å². The number of carbonyl (C=O) groups excluding carboxylic acids is 1. The minimum Gasteiger partial charge on any atom is -0.490 e. The first kappa shape index (κ1) is 28.4. The van der Waals surface area contributed by atoms with Gasteiger partial charge in [0, 0.05) is 17.0 Å². The highest BCUT2D eigenvalue weighted by molar-refractivity contribution is 7.99. The van der Waals surface area contributed by atoms with E-state index in [2.05, 4.69) is 27.1 Å². The van der Waals surface area contributed by atoms with E-state index in [0.717, 1.165) is 22.5 Å². The lowest BCUT2D eigenvalue weighted by molar-refractivity contribution is -0.118. The lowest BCUT2D eigenvalue weighted by Gasteiger charge is -2.17. The lowest BCUT2D eigenvalue weighted by atomic mass is 10.1. The van der Waals surface area contributed by atoms with Crippen LogP contribution in [0.15, 0.2) is 65.4 Å². The molecule has 0 aliphatic heterocycles. The molecule has 0 fully saturated rings. The molecule has 10 heteroatoms. The van der Waals surface area contributed by atoms with E-state index >= 15 is 0 Å². The van der Waals surface area contributed by atoms with Crippen molar-refractivity contribution in [2.24, 2.45) is 5.10 Å². The first-order valence-corrected chi connectivity index (χ1v) is 12.9. The molecule has 1 aromatic heterocycles. The highest BCUT2D eigenvalue weighted by atomic mass is 32.2. The summed E-state index contributed by atoms with van der Waals surface area (Å²) in [5, 5.41) is 13.7. The maximum Gasteiger partial charge on any atom is 0.335 e. The second-order valence-electron chi connectivity index (χ2n) is 8.24. The molecule has 0 aliphatic carbocycles. The molecular weight excluding hydrogens is 504 g/mol. The van der Waals surface area contributed by atoms with Gasteiger partial charge in [0.25, 0.3) is 5.91 Å². The van der Waals surface area contributed by atoms with Crippen molar-refractivity contribution in [2.45, 2.75) is 39.0 Å². The lowest BCUT2D eigenvalue weighted by Crippen LogP contribution is -2.19. The third-order valence-electron chi connectivity index (χ3n) is 5.10. The fraction of sp³-hybridized carbons (Fsp3) is 0.250. The Hall–Kier alpha value is -4.18. The number of hydrazone groups is 1. The van der Waals surface area contributed by atoms with Gasteiger partial charge in [-0.15, -0.1) is 6.58 Å². The number of nitrogens with one attached hydrogen (secondary N) is 1. The molecule has 0 aliphatic rings. The van der Waals surface area contributed by atoms with E-state index in [9.17, 15) is 9.59 Å². The highest BCUT2D eigenvalue weighted by Crippen LogP contribution is 2.34. The molecule has 0 saturated heterocycles. The number of hydrogen-bond donors (Lipinski definition) is 2. The third-order valence-corrected chi connectivity index (χ3v) is 5.95. The van der Waals surface area contributed by atoms with Gasteiger partial charge in [-0.3, -0.25) is 4.79 Å². The van der Waals surface area contributed by atoms with Crippen LogP contribution in [0.4, 0.5) is 0 Å². The summed E-state index contributed by atoms with van der Waals surface area (Å²) in [7, 11) is 0. The predicted molar refractivity (Wildman–Crippen MR) is 147 cm³/mol. The van der Waals surface area contributed by atoms with Crippen LogP contribution in [-0.4, -0.2) is 45.5 Å². The molecule has 0 spiro atoms. The van der Waals surface area contributed by atoms with Gasteiger partial charge in [0.2, 0.25) is 0 Å². The molecule has 1 heterocycles. The van der Waals surface area contributed by atoms with Crippen molar-refractivity contribution < 1.29 is 24.2 Å². The smallest absolute Gasteiger partial charge is 0.335 e. The molecule has 0 saturated carbocycles. The van der Waals surface area contributed by atoms with E-state index in [0.29, 0.717) is 35.2 Å². The number of nitrogens with zero attached hydrogens (tertiary/aromatic N) is 3. The number of carboxylic acids is 1. The quantitative estimate of drug-likeness (QED) is 0.106.